The van der Waals surface area contributed by atoms with Crippen molar-refractivity contribution in [2.75, 3.05) is 0 Å². The van der Waals surface area contributed by atoms with Crippen LogP contribution in [0.25, 0.3) is 0 Å². The van der Waals surface area contributed by atoms with E-state index in [4.69, 9.17) is 4.74 Å². The Labute approximate surface area is 72.1 Å². The van der Waals surface area contributed by atoms with Crippen LogP contribution in [-0.4, -0.2) is 17.9 Å². The summed E-state index contributed by atoms with van der Waals surface area (Å²) in [6, 6.07) is 0. The van der Waals surface area contributed by atoms with Crippen LogP contribution < -0.4 is 0 Å². The zero-order valence-electron chi connectivity index (χ0n) is 7.50. The molecular formula is C9H14O3. The lowest BCUT2D eigenvalue weighted by molar-refractivity contribution is -0.155. The highest BCUT2D eigenvalue weighted by Gasteiger charge is 2.28. The molecule has 1 rings (SSSR count). The van der Waals surface area contributed by atoms with Gasteiger partial charge in [0.1, 0.15) is 0 Å². The maximum absolute atomic E-state index is 11.3. The minimum absolute atomic E-state index is 0.0731. The van der Waals surface area contributed by atoms with E-state index in [-0.39, 0.29) is 11.8 Å². The van der Waals surface area contributed by atoms with Gasteiger partial charge in [0, 0.05) is 13.3 Å². The summed E-state index contributed by atoms with van der Waals surface area (Å²) in [5.41, 5.74) is 0. The van der Waals surface area contributed by atoms with Crippen LogP contribution in [0.15, 0.2) is 0 Å². The lowest BCUT2D eigenvalue weighted by Gasteiger charge is -2.24. The summed E-state index contributed by atoms with van der Waals surface area (Å²) >= 11 is 0. The van der Waals surface area contributed by atoms with Gasteiger partial charge in [-0.05, 0) is 18.8 Å². The van der Waals surface area contributed by atoms with Gasteiger partial charge in [0.25, 0.3) is 0 Å². The average Bonchev–Trinajstić information content (AvgIpc) is 1.94. The SMILES string of the molecule is CC(=O)OC1CC[C@@H](C)CC1=O. The Hall–Kier alpha value is -0.860. The van der Waals surface area contributed by atoms with E-state index >= 15 is 0 Å². The molecule has 0 aliphatic heterocycles. The maximum atomic E-state index is 11.3. The van der Waals surface area contributed by atoms with Gasteiger partial charge in [-0.15, -0.1) is 0 Å². The lowest BCUT2D eigenvalue weighted by Crippen LogP contribution is -2.32. The molecule has 3 heteroatoms. The standard InChI is InChI=1S/C9H14O3/c1-6-3-4-9(8(11)5-6)12-7(2)10/h6,9H,3-5H2,1-2H3/t6-,9?/m1/s1. The first-order valence-corrected chi connectivity index (χ1v) is 4.29. The quantitative estimate of drug-likeness (QED) is 0.557. The first kappa shape index (κ1) is 9.23. The second-order valence-electron chi connectivity index (χ2n) is 3.45. The largest absolute Gasteiger partial charge is 0.455 e. The van der Waals surface area contributed by atoms with E-state index in [9.17, 15) is 9.59 Å². The molecule has 0 saturated heterocycles. The van der Waals surface area contributed by atoms with Crippen molar-refractivity contribution in [1.29, 1.82) is 0 Å². The van der Waals surface area contributed by atoms with Crippen LogP contribution in [-0.2, 0) is 14.3 Å². The number of hydrogen-bond acceptors (Lipinski definition) is 3. The second-order valence-corrected chi connectivity index (χ2v) is 3.45. The third-order valence-electron chi connectivity index (χ3n) is 2.14. The van der Waals surface area contributed by atoms with Gasteiger partial charge in [0.15, 0.2) is 11.9 Å². The number of hydrogen-bond donors (Lipinski definition) is 0. The van der Waals surface area contributed by atoms with Crippen LogP contribution in [0.1, 0.15) is 33.1 Å². The fourth-order valence-electron chi connectivity index (χ4n) is 1.50. The molecule has 2 atom stereocenters. The third-order valence-corrected chi connectivity index (χ3v) is 2.14. The van der Waals surface area contributed by atoms with E-state index in [0.717, 1.165) is 6.42 Å². The molecule has 0 bridgehead atoms. The molecule has 12 heavy (non-hydrogen) atoms. The Bertz CT molecular complexity index is 198. The molecule has 1 fully saturated rings. The van der Waals surface area contributed by atoms with E-state index < -0.39 is 6.10 Å². The molecule has 0 N–H and O–H groups in total. The Balaban J connectivity index is 2.45. The van der Waals surface area contributed by atoms with Crippen LogP contribution in [0.2, 0.25) is 0 Å². The molecule has 0 spiro atoms. The fraction of sp³-hybridized carbons (Fsp3) is 0.778. The molecule has 1 unspecified atom stereocenters. The average molecular weight is 170 g/mol. The number of Topliss-reactive ketones (excluding diaryl/α,β-unsaturated/α-hetero) is 1. The van der Waals surface area contributed by atoms with Gasteiger partial charge in [-0.2, -0.15) is 0 Å². The summed E-state index contributed by atoms with van der Waals surface area (Å²) in [6.45, 7) is 3.38. The zero-order valence-corrected chi connectivity index (χ0v) is 7.50. The van der Waals surface area contributed by atoms with E-state index in [0.29, 0.717) is 18.8 Å². The highest BCUT2D eigenvalue weighted by molar-refractivity contribution is 5.86. The van der Waals surface area contributed by atoms with Crippen molar-refractivity contribution in [2.24, 2.45) is 5.92 Å². The van der Waals surface area contributed by atoms with E-state index in [1.807, 2.05) is 6.92 Å². The van der Waals surface area contributed by atoms with Crippen molar-refractivity contribution in [1.82, 2.24) is 0 Å². The van der Waals surface area contributed by atoms with Gasteiger partial charge in [0.05, 0.1) is 0 Å². The van der Waals surface area contributed by atoms with Gasteiger partial charge < -0.3 is 4.74 Å². The highest BCUT2D eigenvalue weighted by Crippen LogP contribution is 2.22. The van der Waals surface area contributed by atoms with Gasteiger partial charge in [0.2, 0.25) is 0 Å². The monoisotopic (exact) mass is 170 g/mol. The molecule has 1 aliphatic rings. The molecule has 1 aliphatic carbocycles. The minimum atomic E-state index is -0.460. The van der Waals surface area contributed by atoms with Crippen LogP contribution in [0.5, 0.6) is 0 Å². The molecule has 0 aromatic heterocycles. The lowest BCUT2D eigenvalue weighted by atomic mass is 9.88. The Morgan fingerprint density at radius 1 is 1.50 bits per heavy atom. The Morgan fingerprint density at radius 3 is 2.67 bits per heavy atom. The topological polar surface area (TPSA) is 43.4 Å². The van der Waals surface area contributed by atoms with Crippen molar-refractivity contribution in [3.05, 3.63) is 0 Å². The smallest absolute Gasteiger partial charge is 0.303 e. The summed E-state index contributed by atoms with van der Waals surface area (Å²) in [6.07, 6.45) is 1.76. The van der Waals surface area contributed by atoms with Crippen LogP contribution in [0.3, 0.4) is 0 Å². The Kier molecular flexibility index (Phi) is 2.84. The predicted octanol–water partition coefficient (Wildman–Crippen LogP) is 1.31. The summed E-state index contributed by atoms with van der Waals surface area (Å²) in [5, 5.41) is 0. The number of ketones is 1. The molecule has 1 saturated carbocycles. The van der Waals surface area contributed by atoms with Gasteiger partial charge in [-0.1, -0.05) is 6.92 Å². The van der Waals surface area contributed by atoms with Crippen LogP contribution in [0.4, 0.5) is 0 Å². The molecule has 3 nitrogen and oxygen atoms in total. The van der Waals surface area contributed by atoms with Gasteiger partial charge >= 0.3 is 5.97 Å². The van der Waals surface area contributed by atoms with Crippen molar-refractivity contribution in [3.8, 4) is 0 Å². The fourth-order valence-corrected chi connectivity index (χ4v) is 1.50. The normalized spacial score (nSPS) is 30.0. The predicted molar refractivity (Wildman–Crippen MR) is 43.6 cm³/mol. The number of esters is 1. The van der Waals surface area contributed by atoms with Crippen LogP contribution >= 0.6 is 0 Å². The van der Waals surface area contributed by atoms with Crippen molar-refractivity contribution in [2.45, 2.75) is 39.2 Å². The molecule has 0 aromatic carbocycles. The molecular weight excluding hydrogens is 156 g/mol. The molecule has 0 aromatic rings. The second kappa shape index (κ2) is 3.70. The molecule has 68 valence electrons. The molecule has 0 radical (unpaired) electrons. The van der Waals surface area contributed by atoms with E-state index in [1.54, 1.807) is 0 Å². The summed E-state index contributed by atoms with van der Waals surface area (Å²) in [4.78, 5) is 21.8. The zero-order chi connectivity index (χ0) is 9.14. The van der Waals surface area contributed by atoms with Crippen molar-refractivity contribution in [3.63, 3.8) is 0 Å². The minimum Gasteiger partial charge on any atom is -0.455 e. The van der Waals surface area contributed by atoms with Crippen LogP contribution in [0, 0.1) is 5.92 Å². The number of ether oxygens (including phenoxy) is 1. The maximum Gasteiger partial charge on any atom is 0.303 e. The summed E-state index contributed by atoms with van der Waals surface area (Å²) < 4.78 is 4.86. The number of rotatable bonds is 1. The first-order valence-electron chi connectivity index (χ1n) is 4.29. The number of carbonyl (C=O) groups is 2. The van der Waals surface area contributed by atoms with E-state index in [2.05, 4.69) is 0 Å². The Morgan fingerprint density at radius 2 is 2.17 bits per heavy atom. The molecule has 0 heterocycles. The third kappa shape index (κ3) is 2.32. The van der Waals surface area contributed by atoms with Crippen molar-refractivity contribution < 1.29 is 14.3 Å². The summed E-state index contributed by atoms with van der Waals surface area (Å²) in [7, 11) is 0. The molecule has 0 amide bonds. The van der Waals surface area contributed by atoms with Gasteiger partial charge in [-0.3, -0.25) is 9.59 Å². The highest BCUT2D eigenvalue weighted by atomic mass is 16.5. The number of carbonyl (C=O) groups excluding carboxylic acids is 2. The van der Waals surface area contributed by atoms with Gasteiger partial charge in [-0.25, -0.2) is 0 Å². The van der Waals surface area contributed by atoms with E-state index in [1.165, 1.54) is 6.92 Å². The summed E-state index contributed by atoms with van der Waals surface area (Å²) in [5.74, 6) is 0.163. The van der Waals surface area contributed by atoms with Crippen molar-refractivity contribution >= 4 is 11.8 Å². The first-order chi connectivity index (χ1) is 5.59.